The molecule has 0 aliphatic rings. The summed E-state index contributed by atoms with van der Waals surface area (Å²) in [5.41, 5.74) is 1.32. The molecule has 2 aromatic carbocycles. The number of rotatable bonds is 5. The van der Waals surface area contributed by atoms with Crippen molar-refractivity contribution in [3.05, 3.63) is 63.2 Å². The van der Waals surface area contributed by atoms with E-state index in [4.69, 9.17) is 4.84 Å². The summed E-state index contributed by atoms with van der Waals surface area (Å²) in [6.45, 7) is -0.490. The summed E-state index contributed by atoms with van der Waals surface area (Å²) in [5.74, 6) is -1.40. The van der Waals surface area contributed by atoms with Gasteiger partial charge in [-0.3, -0.25) is 14.4 Å². The van der Waals surface area contributed by atoms with E-state index in [1.54, 1.807) is 18.2 Å². The van der Waals surface area contributed by atoms with E-state index in [2.05, 4.69) is 27.9 Å². The van der Waals surface area contributed by atoms with Gasteiger partial charge in [0.1, 0.15) is 0 Å². The topological polar surface area (TPSA) is 67.4 Å². The minimum absolute atomic E-state index is 0.229. The largest absolute Gasteiger partial charge is 0.416 e. The van der Waals surface area contributed by atoms with E-state index in [9.17, 15) is 22.8 Å². The second kappa shape index (κ2) is 8.30. The van der Waals surface area contributed by atoms with E-state index < -0.39 is 30.2 Å². The number of benzene rings is 2. The van der Waals surface area contributed by atoms with Crippen molar-refractivity contribution in [1.29, 1.82) is 0 Å². The van der Waals surface area contributed by atoms with E-state index in [0.717, 1.165) is 15.7 Å². The lowest BCUT2D eigenvalue weighted by Gasteiger charge is -2.09. The lowest BCUT2D eigenvalue weighted by Crippen LogP contribution is -2.29. The molecular weight excluding hydrogens is 452 g/mol. The van der Waals surface area contributed by atoms with E-state index in [0.29, 0.717) is 11.8 Å². The van der Waals surface area contributed by atoms with Crippen LogP contribution in [0.2, 0.25) is 0 Å². The van der Waals surface area contributed by atoms with Crippen LogP contribution in [0.3, 0.4) is 0 Å². The Morgan fingerprint density at radius 3 is 2.48 bits per heavy atom. The molecular formula is C16H12F3IN2O3. The summed E-state index contributed by atoms with van der Waals surface area (Å²) in [6, 6.07) is 10.9. The first-order chi connectivity index (χ1) is 11.8. The number of hydroxylamine groups is 1. The van der Waals surface area contributed by atoms with Gasteiger partial charge in [-0.25, -0.2) is 5.48 Å². The normalized spacial score (nSPS) is 11.0. The Morgan fingerprint density at radius 1 is 1.08 bits per heavy atom. The maximum atomic E-state index is 12.6. The van der Waals surface area contributed by atoms with Gasteiger partial charge in [0.05, 0.1) is 5.56 Å². The summed E-state index contributed by atoms with van der Waals surface area (Å²) < 4.78 is 38.7. The molecule has 0 aromatic heterocycles. The number of amides is 2. The highest BCUT2D eigenvalue weighted by Gasteiger charge is 2.30. The summed E-state index contributed by atoms with van der Waals surface area (Å²) in [4.78, 5) is 28.2. The zero-order chi connectivity index (χ0) is 18.4. The van der Waals surface area contributed by atoms with Crippen molar-refractivity contribution in [2.75, 3.05) is 11.9 Å². The average Bonchev–Trinajstić information content (AvgIpc) is 2.54. The molecule has 132 valence electrons. The highest BCUT2D eigenvalue weighted by Crippen LogP contribution is 2.29. The molecule has 0 saturated carbocycles. The minimum Gasteiger partial charge on any atom is -0.324 e. The van der Waals surface area contributed by atoms with Crippen LogP contribution in [0.1, 0.15) is 15.9 Å². The predicted octanol–water partition coefficient (Wildman–Crippen LogP) is 3.61. The molecule has 2 N–H and O–H groups in total. The fraction of sp³-hybridized carbons (Fsp3) is 0.125. The molecule has 2 amide bonds. The van der Waals surface area contributed by atoms with Crippen molar-refractivity contribution in [3.63, 3.8) is 0 Å². The third-order valence-corrected chi connectivity index (χ3v) is 3.60. The van der Waals surface area contributed by atoms with Crippen LogP contribution in [0.15, 0.2) is 48.5 Å². The second-order valence-electron chi connectivity index (χ2n) is 4.86. The van der Waals surface area contributed by atoms with E-state index in [1.165, 1.54) is 6.07 Å². The first-order valence-electron chi connectivity index (χ1n) is 6.90. The SMILES string of the molecule is O=C(CONC(=O)c1cccc(C(F)(F)F)c1)Nc1cccc(I)c1. The van der Waals surface area contributed by atoms with Crippen LogP contribution in [0.25, 0.3) is 0 Å². The highest BCUT2D eigenvalue weighted by molar-refractivity contribution is 14.1. The van der Waals surface area contributed by atoms with Crippen molar-refractivity contribution in [2.24, 2.45) is 0 Å². The molecule has 5 nitrogen and oxygen atoms in total. The summed E-state index contributed by atoms with van der Waals surface area (Å²) in [5, 5.41) is 2.56. The Morgan fingerprint density at radius 2 is 1.80 bits per heavy atom. The molecule has 9 heteroatoms. The van der Waals surface area contributed by atoms with E-state index >= 15 is 0 Å². The molecule has 0 heterocycles. The van der Waals surface area contributed by atoms with Crippen molar-refractivity contribution in [1.82, 2.24) is 5.48 Å². The molecule has 0 spiro atoms. The second-order valence-corrected chi connectivity index (χ2v) is 6.10. The van der Waals surface area contributed by atoms with Gasteiger partial charge in [0, 0.05) is 14.8 Å². The molecule has 25 heavy (non-hydrogen) atoms. The van der Waals surface area contributed by atoms with E-state index in [-0.39, 0.29) is 5.56 Å². The summed E-state index contributed by atoms with van der Waals surface area (Å²) >= 11 is 2.08. The Hall–Kier alpha value is -2.14. The molecule has 0 radical (unpaired) electrons. The van der Waals surface area contributed by atoms with Crippen LogP contribution in [0.5, 0.6) is 0 Å². The third-order valence-electron chi connectivity index (χ3n) is 2.93. The van der Waals surface area contributed by atoms with Gasteiger partial charge in [-0.1, -0.05) is 12.1 Å². The molecule has 0 fully saturated rings. The first-order valence-corrected chi connectivity index (χ1v) is 7.98. The number of anilines is 1. The Bertz CT molecular complexity index is 781. The summed E-state index contributed by atoms with van der Waals surface area (Å²) in [7, 11) is 0. The fourth-order valence-corrected chi connectivity index (χ4v) is 2.37. The standard InChI is InChI=1S/C16H12F3IN2O3/c17-16(18,19)11-4-1-3-10(7-11)15(24)22-25-9-14(23)21-13-6-2-5-12(20)8-13/h1-8H,9H2,(H,21,23)(H,22,24). The smallest absolute Gasteiger partial charge is 0.324 e. The van der Waals surface area contributed by atoms with Crippen molar-refractivity contribution >= 4 is 40.1 Å². The molecule has 2 rings (SSSR count). The van der Waals surface area contributed by atoms with Gasteiger partial charge in [0.25, 0.3) is 11.8 Å². The first kappa shape index (κ1) is 19.2. The van der Waals surface area contributed by atoms with Gasteiger partial charge in [-0.2, -0.15) is 13.2 Å². The Labute approximate surface area is 154 Å². The number of carbonyl (C=O) groups is 2. The zero-order valence-corrected chi connectivity index (χ0v) is 14.7. The molecule has 2 aromatic rings. The average molecular weight is 464 g/mol. The van der Waals surface area contributed by atoms with Crippen LogP contribution in [-0.4, -0.2) is 18.4 Å². The third kappa shape index (κ3) is 6.02. The van der Waals surface area contributed by atoms with Gasteiger partial charge in [0.2, 0.25) is 0 Å². The van der Waals surface area contributed by atoms with Gasteiger partial charge in [-0.05, 0) is 59.0 Å². The highest BCUT2D eigenvalue weighted by atomic mass is 127. The quantitative estimate of drug-likeness (QED) is 0.525. The lowest BCUT2D eigenvalue weighted by molar-refractivity contribution is -0.137. The van der Waals surface area contributed by atoms with Crippen LogP contribution < -0.4 is 10.8 Å². The van der Waals surface area contributed by atoms with Crippen molar-refractivity contribution in [3.8, 4) is 0 Å². The van der Waals surface area contributed by atoms with Gasteiger partial charge in [0.15, 0.2) is 6.61 Å². The van der Waals surface area contributed by atoms with Crippen LogP contribution in [0, 0.1) is 3.57 Å². The number of nitrogens with one attached hydrogen (secondary N) is 2. The minimum atomic E-state index is -4.55. The van der Waals surface area contributed by atoms with Crippen molar-refractivity contribution < 1.29 is 27.6 Å². The van der Waals surface area contributed by atoms with E-state index in [1.807, 2.05) is 11.5 Å². The Balaban J connectivity index is 1.85. The van der Waals surface area contributed by atoms with Crippen LogP contribution >= 0.6 is 22.6 Å². The molecule has 0 atom stereocenters. The molecule has 0 bridgehead atoms. The maximum Gasteiger partial charge on any atom is 0.416 e. The lowest BCUT2D eigenvalue weighted by atomic mass is 10.1. The summed E-state index contributed by atoms with van der Waals surface area (Å²) in [6.07, 6.45) is -4.55. The monoisotopic (exact) mass is 464 g/mol. The fourth-order valence-electron chi connectivity index (χ4n) is 1.83. The zero-order valence-electron chi connectivity index (χ0n) is 12.6. The number of hydrogen-bond donors (Lipinski definition) is 2. The molecule has 0 saturated heterocycles. The number of alkyl halides is 3. The number of hydrogen-bond acceptors (Lipinski definition) is 3. The van der Waals surface area contributed by atoms with Gasteiger partial charge in [-0.15, -0.1) is 0 Å². The van der Waals surface area contributed by atoms with Crippen LogP contribution in [-0.2, 0) is 15.8 Å². The maximum absolute atomic E-state index is 12.6. The van der Waals surface area contributed by atoms with Gasteiger partial charge < -0.3 is 5.32 Å². The van der Waals surface area contributed by atoms with Crippen molar-refractivity contribution in [2.45, 2.75) is 6.18 Å². The predicted molar refractivity (Wildman–Crippen MR) is 92.7 cm³/mol. The number of carbonyl (C=O) groups excluding carboxylic acids is 2. The van der Waals surface area contributed by atoms with Gasteiger partial charge >= 0.3 is 6.18 Å². The molecule has 0 unspecified atom stereocenters. The van der Waals surface area contributed by atoms with Crippen LogP contribution in [0.4, 0.5) is 18.9 Å². The molecule has 0 aliphatic carbocycles. The molecule has 0 aliphatic heterocycles. The number of halogens is 4. The Kier molecular flexibility index (Phi) is 6.37.